The molecule has 0 bridgehead atoms. The lowest BCUT2D eigenvalue weighted by atomic mass is 10.0. The Morgan fingerprint density at radius 1 is 1.00 bits per heavy atom. The van der Waals surface area contributed by atoms with E-state index in [-0.39, 0.29) is 21.6 Å². The number of nitrogens with one attached hydrogen (secondary N) is 1. The molecule has 0 aliphatic rings. The number of sulfonamides is 1. The van der Waals surface area contributed by atoms with Crippen LogP contribution < -0.4 is 9.62 Å². The van der Waals surface area contributed by atoms with Crippen LogP contribution >= 0.6 is 23.2 Å². The van der Waals surface area contributed by atoms with Crippen molar-refractivity contribution in [3.63, 3.8) is 0 Å². The van der Waals surface area contributed by atoms with Gasteiger partial charge in [-0.2, -0.15) is 0 Å². The van der Waals surface area contributed by atoms with Gasteiger partial charge in [-0.15, -0.1) is 0 Å². The fourth-order valence-electron chi connectivity index (χ4n) is 3.29. The van der Waals surface area contributed by atoms with E-state index in [1.54, 1.807) is 18.2 Å². The summed E-state index contributed by atoms with van der Waals surface area (Å²) in [5.41, 5.74) is 2.25. The van der Waals surface area contributed by atoms with E-state index in [2.05, 4.69) is 5.32 Å². The van der Waals surface area contributed by atoms with Gasteiger partial charge in [0, 0.05) is 5.02 Å². The van der Waals surface area contributed by atoms with Crippen LogP contribution in [0.1, 0.15) is 30.5 Å². The number of amides is 1. The molecule has 3 aromatic rings. The van der Waals surface area contributed by atoms with Crippen molar-refractivity contribution >= 4 is 44.8 Å². The average molecular weight is 491 g/mol. The quantitative estimate of drug-likeness (QED) is 0.436. The van der Waals surface area contributed by atoms with Crippen molar-refractivity contribution in [1.29, 1.82) is 0 Å². The lowest BCUT2D eigenvalue weighted by Gasteiger charge is -2.26. The highest BCUT2D eigenvalue weighted by Gasteiger charge is 2.29. The standard InChI is InChI=1S/C24H24Cl2N2O3S/c1-3-22(18-11-9-17(2)10-12-18)27-24(29)16-28(23-14-13-19(25)15-21(23)26)32(30,31)20-7-5-4-6-8-20/h4-15,22H,3,16H2,1-2H3,(H,27,29)/t22-/m0/s1. The molecule has 0 radical (unpaired) electrons. The first kappa shape index (κ1) is 24.1. The summed E-state index contributed by atoms with van der Waals surface area (Å²) in [6.07, 6.45) is 0.655. The average Bonchev–Trinajstić information content (AvgIpc) is 2.77. The van der Waals surface area contributed by atoms with Crippen molar-refractivity contribution in [2.75, 3.05) is 10.8 Å². The zero-order chi connectivity index (χ0) is 23.3. The summed E-state index contributed by atoms with van der Waals surface area (Å²) in [5, 5.41) is 3.44. The van der Waals surface area contributed by atoms with Crippen molar-refractivity contribution in [1.82, 2.24) is 5.32 Å². The first-order chi connectivity index (χ1) is 15.2. The summed E-state index contributed by atoms with van der Waals surface area (Å²) in [4.78, 5) is 13.1. The van der Waals surface area contributed by atoms with Gasteiger partial charge >= 0.3 is 0 Å². The number of benzene rings is 3. The van der Waals surface area contributed by atoms with Gasteiger partial charge in [-0.05, 0) is 49.2 Å². The Kier molecular flexibility index (Phi) is 7.82. The molecule has 8 heteroatoms. The Labute approximate surface area is 199 Å². The van der Waals surface area contributed by atoms with Crippen molar-refractivity contribution in [2.24, 2.45) is 0 Å². The molecule has 1 atom stereocenters. The summed E-state index contributed by atoms with van der Waals surface area (Å²) >= 11 is 12.3. The number of carbonyl (C=O) groups is 1. The minimum atomic E-state index is -4.05. The smallest absolute Gasteiger partial charge is 0.264 e. The molecule has 0 aliphatic carbocycles. The monoisotopic (exact) mass is 490 g/mol. The summed E-state index contributed by atoms with van der Waals surface area (Å²) < 4.78 is 27.9. The van der Waals surface area contributed by atoms with Crippen LogP contribution in [0.2, 0.25) is 10.0 Å². The second kappa shape index (κ2) is 10.4. The lowest BCUT2D eigenvalue weighted by Crippen LogP contribution is -2.42. The third kappa shape index (κ3) is 5.63. The van der Waals surface area contributed by atoms with Gasteiger partial charge in [-0.3, -0.25) is 9.10 Å². The van der Waals surface area contributed by atoms with Crippen LogP contribution in [-0.2, 0) is 14.8 Å². The molecule has 0 heterocycles. The fourth-order valence-corrected chi connectivity index (χ4v) is 5.31. The molecular weight excluding hydrogens is 467 g/mol. The molecule has 0 saturated carbocycles. The molecule has 5 nitrogen and oxygen atoms in total. The predicted octanol–water partition coefficient (Wildman–Crippen LogP) is 5.76. The summed E-state index contributed by atoms with van der Waals surface area (Å²) in [6, 6.07) is 20.0. The fraction of sp³-hybridized carbons (Fsp3) is 0.208. The van der Waals surface area contributed by atoms with E-state index >= 15 is 0 Å². The summed E-state index contributed by atoms with van der Waals surface area (Å²) in [5.74, 6) is -0.442. The second-order valence-electron chi connectivity index (χ2n) is 7.36. The van der Waals surface area contributed by atoms with Gasteiger partial charge in [-0.1, -0.05) is 78.2 Å². The zero-order valence-corrected chi connectivity index (χ0v) is 20.1. The highest BCUT2D eigenvalue weighted by molar-refractivity contribution is 7.92. The first-order valence-corrected chi connectivity index (χ1v) is 12.3. The Bertz CT molecular complexity index is 1180. The maximum absolute atomic E-state index is 13.4. The largest absolute Gasteiger partial charge is 0.348 e. The molecule has 0 aliphatic heterocycles. The molecule has 0 aromatic heterocycles. The van der Waals surface area contributed by atoms with E-state index in [0.717, 1.165) is 15.4 Å². The van der Waals surface area contributed by atoms with E-state index in [9.17, 15) is 13.2 Å². The minimum Gasteiger partial charge on any atom is -0.348 e. The van der Waals surface area contributed by atoms with Gasteiger partial charge < -0.3 is 5.32 Å². The van der Waals surface area contributed by atoms with E-state index in [1.165, 1.54) is 30.3 Å². The Morgan fingerprint density at radius 3 is 2.25 bits per heavy atom. The number of aryl methyl sites for hydroxylation is 1. The second-order valence-corrected chi connectivity index (χ2v) is 10.1. The maximum Gasteiger partial charge on any atom is 0.264 e. The van der Waals surface area contributed by atoms with Gasteiger partial charge in [0.1, 0.15) is 6.54 Å². The molecular formula is C24H24Cl2N2O3S. The van der Waals surface area contributed by atoms with Crippen LogP contribution in [-0.4, -0.2) is 20.9 Å². The van der Waals surface area contributed by atoms with Crippen molar-refractivity contribution in [3.05, 3.63) is 94.0 Å². The van der Waals surface area contributed by atoms with Crippen LogP contribution in [0.15, 0.2) is 77.7 Å². The summed E-state index contributed by atoms with van der Waals surface area (Å²) in [7, 11) is -4.05. The molecule has 0 spiro atoms. The van der Waals surface area contributed by atoms with Crippen molar-refractivity contribution in [3.8, 4) is 0 Å². The topological polar surface area (TPSA) is 66.5 Å². The van der Waals surface area contributed by atoms with Crippen molar-refractivity contribution < 1.29 is 13.2 Å². The van der Waals surface area contributed by atoms with Crippen LogP contribution in [0.3, 0.4) is 0 Å². The minimum absolute atomic E-state index is 0.0596. The molecule has 1 N–H and O–H groups in total. The number of hydrogen-bond donors (Lipinski definition) is 1. The number of carbonyl (C=O) groups excluding carboxylic acids is 1. The first-order valence-electron chi connectivity index (χ1n) is 10.1. The predicted molar refractivity (Wildman–Crippen MR) is 130 cm³/mol. The van der Waals surface area contributed by atoms with Crippen molar-refractivity contribution in [2.45, 2.75) is 31.2 Å². The number of hydrogen-bond acceptors (Lipinski definition) is 3. The highest BCUT2D eigenvalue weighted by atomic mass is 35.5. The van der Waals surface area contributed by atoms with Crippen LogP contribution in [0.4, 0.5) is 5.69 Å². The Morgan fingerprint density at radius 2 is 1.66 bits per heavy atom. The van der Waals surface area contributed by atoms with Gasteiger partial charge in [0.15, 0.2) is 0 Å². The van der Waals surface area contributed by atoms with Gasteiger partial charge in [0.2, 0.25) is 5.91 Å². The van der Waals surface area contributed by atoms with E-state index in [0.29, 0.717) is 11.4 Å². The van der Waals surface area contributed by atoms with E-state index in [1.807, 2.05) is 38.1 Å². The van der Waals surface area contributed by atoms with Gasteiger partial charge in [0.05, 0.1) is 21.6 Å². The number of halogens is 2. The van der Waals surface area contributed by atoms with Crippen LogP contribution in [0, 0.1) is 6.92 Å². The molecule has 3 aromatic carbocycles. The number of nitrogens with zero attached hydrogens (tertiary/aromatic N) is 1. The van der Waals surface area contributed by atoms with E-state index in [4.69, 9.17) is 23.2 Å². The Hall–Kier alpha value is -2.54. The summed E-state index contributed by atoms with van der Waals surface area (Å²) in [6.45, 7) is 3.52. The lowest BCUT2D eigenvalue weighted by molar-refractivity contribution is -0.120. The normalized spacial score (nSPS) is 12.2. The highest BCUT2D eigenvalue weighted by Crippen LogP contribution is 2.32. The molecule has 1 amide bonds. The number of anilines is 1. The van der Waals surface area contributed by atoms with E-state index < -0.39 is 22.5 Å². The van der Waals surface area contributed by atoms with Gasteiger partial charge in [0.25, 0.3) is 10.0 Å². The number of rotatable bonds is 8. The van der Waals surface area contributed by atoms with Gasteiger partial charge in [-0.25, -0.2) is 8.42 Å². The molecule has 0 saturated heterocycles. The molecule has 0 unspecified atom stereocenters. The maximum atomic E-state index is 13.4. The third-order valence-corrected chi connectivity index (χ3v) is 7.33. The van der Waals surface area contributed by atoms with Crippen LogP contribution in [0.25, 0.3) is 0 Å². The molecule has 0 fully saturated rings. The molecule has 32 heavy (non-hydrogen) atoms. The van der Waals surface area contributed by atoms with Crippen LogP contribution in [0.5, 0.6) is 0 Å². The zero-order valence-electron chi connectivity index (χ0n) is 17.8. The molecule has 168 valence electrons. The molecule has 3 rings (SSSR count). The Balaban J connectivity index is 1.93. The SMILES string of the molecule is CC[C@H](NC(=O)CN(c1ccc(Cl)cc1Cl)S(=O)(=O)c1ccccc1)c1ccc(C)cc1. The third-order valence-electron chi connectivity index (χ3n) is 5.02.